The number of carbonyl (C=O) groups is 2. The van der Waals surface area contributed by atoms with Gasteiger partial charge in [-0.05, 0) is 44.2 Å². The highest BCUT2D eigenvalue weighted by Crippen LogP contribution is 2.25. The van der Waals surface area contributed by atoms with Gasteiger partial charge in [0.05, 0.1) is 12.9 Å². The zero-order valence-corrected chi connectivity index (χ0v) is 14.9. The number of hydrogen-bond donors (Lipinski definition) is 1. The Labute approximate surface area is 146 Å². The molecule has 4 nitrogen and oxygen atoms in total. The van der Waals surface area contributed by atoms with Gasteiger partial charge in [0.25, 0.3) is 0 Å². The Bertz CT molecular complexity index is 726. The highest BCUT2D eigenvalue weighted by molar-refractivity contribution is 7.99. The van der Waals surface area contributed by atoms with Gasteiger partial charge in [-0.15, -0.1) is 11.8 Å². The van der Waals surface area contributed by atoms with E-state index in [1.54, 1.807) is 19.2 Å². The highest BCUT2D eigenvalue weighted by Gasteiger charge is 2.09. The number of carbonyl (C=O) groups excluding carboxylic acids is 2. The van der Waals surface area contributed by atoms with Crippen LogP contribution in [0.1, 0.15) is 28.4 Å². The summed E-state index contributed by atoms with van der Waals surface area (Å²) in [5.74, 6) is 1.63. The summed E-state index contributed by atoms with van der Waals surface area (Å²) in [6, 6.07) is 13.1. The summed E-state index contributed by atoms with van der Waals surface area (Å²) in [6.45, 7) is 3.54. The number of benzene rings is 2. The smallest absolute Gasteiger partial charge is 0.234 e. The van der Waals surface area contributed by atoms with Crippen molar-refractivity contribution in [3.05, 3.63) is 59.2 Å². The van der Waals surface area contributed by atoms with Crippen LogP contribution in [0.2, 0.25) is 0 Å². The van der Waals surface area contributed by atoms with Gasteiger partial charge in [-0.25, -0.2) is 0 Å². The molecule has 0 heterocycles. The normalized spacial score (nSPS) is 10.3. The molecule has 2 aromatic carbocycles. The van der Waals surface area contributed by atoms with E-state index in [0.717, 1.165) is 22.6 Å². The van der Waals surface area contributed by atoms with Gasteiger partial charge in [-0.2, -0.15) is 0 Å². The van der Waals surface area contributed by atoms with Crippen LogP contribution in [0, 0.1) is 6.92 Å². The molecule has 0 saturated heterocycles. The van der Waals surface area contributed by atoms with Gasteiger partial charge < -0.3 is 10.1 Å². The van der Waals surface area contributed by atoms with E-state index < -0.39 is 0 Å². The lowest BCUT2D eigenvalue weighted by Crippen LogP contribution is -2.14. The standard InChI is InChI=1S/C19H21NO3S/c1-13-4-7-17(8-5-13)20-19(22)12-24-11-16-10-15(14(2)21)6-9-18(16)23-3/h4-10H,11-12H2,1-3H3,(H,20,22). The van der Waals surface area contributed by atoms with Crippen LogP contribution in [-0.2, 0) is 10.5 Å². The van der Waals surface area contributed by atoms with E-state index >= 15 is 0 Å². The molecule has 0 aliphatic heterocycles. The summed E-state index contributed by atoms with van der Waals surface area (Å²) < 4.78 is 5.32. The van der Waals surface area contributed by atoms with Crippen molar-refractivity contribution in [1.82, 2.24) is 0 Å². The van der Waals surface area contributed by atoms with Crippen LogP contribution in [0.15, 0.2) is 42.5 Å². The first-order valence-electron chi connectivity index (χ1n) is 7.61. The number of rotatable bonds is 7. The molecule has 5 heteroatoms. The SMILES string of the molecule is COc1ccc(C(C)=O)cc1CSCC(=O)Nc1ccc(C)cc1. The van der Waals surface area contributed by atoms with Gasteiger partial charge in [-0.3, -0.25) is 9.59 Å². The fourth-order valence-corrected chi connectivity index (χ4v) is 3.00. The summed E-state index contributed by atoms with van der Waals surface area (Å²) in [5.41, 5.74) is 3.51. The monoisotopic (exact) mass is 343 g/mol. The van der Waals surface area contributed by atoms with Crippen molar-refractivity contribution in [2.45, 2.75) is 19.6 Å². The molecule has 0 fully saturated rings. The fourth-order valence-electron chi connectivity index (χ4n) is 2.20. The van der Waals surface area contributed by atoms with Crippen molar-refractivity contribution < 1.29 is 14.3 Å². The Morgan fingerprint density at radius 2 is 1.83 bits per heavy atom. The van der Waals surface area contributed by atoms with Crippen molar-refractivity contribution in [3.8, 4) is 5.75 Å². The molecule has 0 unspecified atom stereocenters. The predicted molar refractivity (Wildman–Crippen MR) is 99.0 cm³/mol. The second-order valence-corrected chi connectivity index (χ2v) is 6.48. The molecule has 0 spiro atoms. The van der Waals surface area contributed by atoms with Crippen LogP contribution in [0.4, 0.5) is 5.69 Å². The van der Waals surface area contributed by atoms with Crippen molar-refractivity contribution >= 4 is 29.1 Å². The van der Waals surface area contributed by atoms with Crippen LogP contribution >= 0.6 is 11.8 Å². The van der Waals surface area contributed by atoms with E-state index in [0.29, 0.717) is 17.1 Å². The van der Waals surface area contributed by atoms with Crippen molar-refractivity contribution in [1.29, 1.82) is 0 Å². The molecule has 24 heavy (non-hydrogen) atoms. The molecular formula is C19H21NO3S. The number of anilines is 1. The van der Waals surface area contributed by atoms with E-state index in [-0.39, 0.29) is 11.7 Å². The Morgan fingerprint density at radius 3 is 2.46 bits per heavy atom. The Hall–Kier alpha value is -2.27. The van der Waals surface area contributed by atoms with Crippen LogP contribution in [0.5, 0.6) is 5.75 Å². The number of thioether (sulfide) groups is 1. The van der Waals surface area contributed by atoms with Gasteiger partial charge in [0, 0.05) is 22.6 Å². The summed E-state index contributed by atoms with van der Waals surface area (Å²) in [4.78, 5) is 23.5. The Balaban J connectivity index is 1.91. The third kappa shape index (κ3) is 5.13. The summed E-state index contributed by atoms with van der Waals surface area (Å²) >= 11 is 1.48. The lowest BCUT2D eigenvalue weighted by Gasteiger charge is -2.10. The van der Waals surface area contributed by atoms with E-state index in [9.17, 15) is 9.59 Å². The first-order chi connectivity index (χ1) is 11.5. The molecule has 2 rings (SSSR count). The third-order valence-electron chi connectivity index (χ3n) is 3.51. The topological polar surface area (TPSA) is 55.4 Å². The number of aryl methyl sites for hydroxylation is 1. The summed E-state index contributed by atoms with van der Waals surface area (Å²) in [6.07, 6.45) is 0. The minimum absolute atomic E-state index is 0.0148. The van der Waals surface area contributed by atoms with Gasteiger partial charge >= 0.3 is 0 Å². The van der Waals surface area contributed by atoms with Crippen LogP contribution in [0.3, 0.4) is 0 Å². The quantitative estimate of drug-likeness (QED) is 0.770. The zero-order valence-electron chi connectivity index (χ0n) is 14.1. The van der Waals surface area contributed by atoms with Gasteiger partial charge in [0.2, 0.25) is 5.91 Å². The Kier molecular flexibility index (Phi) is 6.44. The van der Waals surface area contributed by atoms with Gasteiger partial charge in [0.15, 0.2) is 5.78 Å². The predicted octanol–water partition coefficient (Wildman–Crippen LogP) is 4.08. The molecule has 0 radical (unpaired) electrons. The zero-order chi connectivity index (χ0) is 17.5. The number of methoxy groups -OCH3 is 1. The number of nitrogens with one attached hydrogen (secondary N) is 1. The average molecular weight is 343 g/mol. The van der Waals surface area contributed by atoms with Crippen molar-refractivity contribution in [3.63, 3.8) is 0 Å². The van der Waals surface area contributed by atoms with Crippen LogP contribution in [0.25, 0.3) is 0 Å². The lowest BCUT2D eigenvalue weighted by molar-refractivity contribution is -0.113. The Morgan fingerprint density at radius 1 is 1.12 bits per heavy atom. The van der Waals surface area contributed by atoms with Gasteiger partial charge in [0.1, 0.15) is 5.75 Å². The number of hydrogen-bond acceptors (Lipinski definition) is 4. The number of amides is 1. The maximum Gasteiger partial charge on any atom is 0.234 e. The van der Waals surface area contributed by atoms with E-state index in [1.165, 1.54) is 18.7 Å². The highest BCUT2D eigenvalue weighted by atomic mass is 32.2. The maximum atomic E-state index is 12.0. The van der Waals surface area contributed by atoms with E-state index in [2.05, 4.69) is 5.32 Å². The first kappa shape index (κ1) is 18.1. The molecule has 2 aromatic rings. The van der Waals surface area contributed by atoms with Crippen molar-refractivity contribution in [2.75, 3.05) is 18.2 Å². The van der Waals surface area contributed by atoms with Gasteiger partial charge in [-0.1, -0.05) is 17.7 Å². The molecule has 1 N–H and O–H groups in total. The molecule has 0 saturated carbocycles. The fraction of sp³-hybridized carbons (Fsp3) is 0.263. The van der Waals surface area contributed by atoms with E-state index in [1.807, 2.05) is 37.3 Å². The molecule has 0 aromatic heterocycles. The molecule has 1 amide bonds. The molecule has 0 aliphatic carbocycles. The number of ketones is 1. The summed E-state index contributed by atoms with van der Waals surface area (Å²) in [5, 5.41) is 2.87. The van der Waals surface area contributed by atoms with Crippen LogP contribution in [-0.4, -0.2) is 24.6 Å². The minimum Gasteiger partial charge on any atom is -0.496 e. The molecular weight excluding hydrogens is 322 g/mol. The number of Topliss-reactive ketones (excluding diaryl/α,β-unsaturated/α-hetero) is 1. The van der Waals surface area contributed by atoms with E-state index in [4.69, 9.17) is 4.74 Å². The maximum absolute atomic E-state index is 12.0. The molecule has 0 atom stereocenters. The van der Waals surface area contributed by atoms with Crippen LogP contribution < -0.4 is 10.1 Å². The second-order valence-electron chi connectivity index (χ2n) is 5.49. The molecule has 126 valence electrons. The molecule has 0 bridgehead atoms. The lowest BCUT2D eigenvalue weighted by atomic mass is 10.1. The van der Waals surface area contributed by atoms with Crippen molar-refractivity contribution in [2.24, 2.45) is 0 Å². The number of ether oxygens (including phenoxy) is 1. The molecule has 0 aliphatic rings. The first-order valence-corrected chi connectivity index (χ1v) is 8.77. The largest absolute Gasteiger partial charge is 0.496 e. The summed E-state index contributed by atoms with van der Waals surface area (Å²) in [7, 11) is 1.60. The third-order valence-corrected chi connectivity index (χ3v) is 4.49. The average Bonchev–Trinajstić information content (AvgIpc) is 2.56. The second kappa shape index (κ2) is 8.55. The minimum atomic E-state index is -0.0504.